The Morgan fingerprint density at radius 3 is 1.86 bits per heavy atom. The van der Waals surface area contributed by atoms with Crippen LogP contribution in [-0.2, 0) is 0 Å². The average Bonchev–Trinajstić information content (AvgIpc) is 2.59. The molecule has 0 spiro atoms. The van der Waals surface area contributed by atoms with Gasteiger partial charge in [-0.1, -0.05) is 42.5 Å². The quantitative estimate of drug-likeness (QED) is 0.628. The van der Waals surface area contributed by atoms with Crippen molar-refractivity contribution < 1.29 is 9.47 Å². The van der Waals surface area contributed by atoms with Gasteiger partial charge in [-0.3, -0.25) is 0 Å². The number of rotatable bonds is 4. The van der Waals surface area contributed by atoms with Crippen molar-refractivity contribution in [1.29, 1.82) is 0 Å². The molecule has 0 unspecified atom stereocenters. The van der Waals surface area contributed by atoms with Crippen LogP contribution in [0, 0.1) is 0 Å². The minimum absolute atomic E-state index is 0.872. The molecule has 2 nitrogen and oxygen atoms in total. The summed E-state index contributed by atoms with van der Waals surface area (Å²) in [5.74, 6) is 1.76. The molecule has 0 aromatic heterocycles. The Bertz CT molecular complexity index is 802. The summed E-state index contributed by atoms with van der Waals surface area (Å²) in [6.07, 6.45) is 4.22. The van der Waals surface area contributed by atoms with Gasteiger partial charge < -0.3 is 9.47 Å². The molecule has 0 amide bonds. The Balaban J connectivity index is 1.84. The van der Waals surface area contributed by atoms with Crippen molar-refractivity contribution in [2.45, 2.75) is 0 Å². The normalized spacial score (nSPS) is 11.0. The number of fused-ring (bicyclic) bond motifs is 1. The van der Waals surface area contributed by atoms with Gasteiger partial charge in [-0.25, -0.2) is 0 Å². The molecule has 2 heteroatoms. The van der Waals surface area contributed by atoms with E-state index in [4.69, 9.17) is 9.47 Å². The first-order chi connectivity index (χ1) is 10.8. The molecule has 0 aliphatic rings. The van der Waals surface area contributed by atoms with Gasteiger partial charge in [0, 0.05) is 0 Å². The predicted octanol–water partition coefficient (Wildman–Crippen LogP) is 5.03. The average molecular weight is 290 g/mol. The van der Waals surface area contributed by atoms with Crippen LogP contribution in [0.25, 0.3) is 22.9 Å². The monoisotopic (exact) mass is 290 g/mol. The van der Waals surface area contributed by atoms with E-state index in [2.05, 4.69) is 36.4 Å². The van der Waals surface area contributed by atoms with Crippen LogP contribution in [0.3, 0.4) is 0 Å². The van der Waals surface area contributed by atoms with Crippen LogP contribution in [0.2, 0.25) is 0 Å². The minimum Gasteiger partial charge on any atom is -0.497 e. The third-order valence-electron chi connectivity index (χ3n) is 3.66. The molecule has 3 aromatic rings. The van der Waals surface area contributed by atoms with E-state index in [9.17, 15) is 0 Å². The summed E-state index contributed by atoms with van der Waals surface area (Å²) in [6, 6.07) is 20.5. The van der Waals surface area contributed by atoms with Crippen molar-refractivity contribution in [2.24, 2.45) is 0 Å². The molecule has 0 bridgehead atoms. The van der Waals surface area contributed by atoms with Crippen LogP contribution in [0.4, 0.5) is 0 Å². The first kappa shape index (κ1) is 14.2. The van der Waals surface area contributed by atoms with E-state index in [0.29, 0.717) is 0 Å². The molecular weight excluding hydrogens is 272 g/mol. The van der Waals surface area contributed by atoms with E-state index < -0.39 is 0 Å². The van der Waals surface area contributed by atoms with Crippen LogP contribution in [0.5, 0.6) is 11.5 Å². The molecule has 3 aromatic carbocycles. The maximum absolute atomic E-state index is 5.25. The lowest BCUT2D eigenvalue weighted by Gasteiger charge is -2.03. The van der Waals surface area contributed by atoms with Gasteiger partial charge in [0.2, 0.25) is 0 Å². The zero-order valence-electron chi connectivity index (χ0n) is 12.7. The first-order valence-electron chi connectivity index (χ1n) is 7.18. The maximum atomic E-state index is 5.25. The van der Waals surface area contributed by atoms with E-state index >= 15 is 0 Å². The summed E-state index contributed by atoms with van der Waals surface area (Å²) in [5.41, 5.74) is 2.32. The van der Waals surface area contributed by atoms with Gasteiger partial charge in [0.15, 0.2) is 0 Å². The van der Waals surface area contributed by atoms with Crippen LogP contribution in [0.15, 0.2) is 60.7 Å². The minimum atomic E-state index is 0.872. The number of hydrogen-bond acceptors (Lipinski definition) is 2. The lowest BCUT2D eigenvalue weighted by Crippen LogP contribution is -1.83. The lowest BCUT2D eigenvalue weighted by atomic mass is 10.1. The smallest absolute Gasteiger partial charge is 0.119 e. The van der Waals surface area contributed by atoms with Gasteiger partial charge in [-0.2, -0.15) is 0 Å². The molecule has 0 heterocycles. The maximum Gasteiger partial charge on any atom is 0.119 e. The fourth-order valence-corrected chi connectivity index (χ4v) is 2.38. The Labute approximate surface area is 130 Å². The highest BCUT2D eigenvalue weighted by molar-refractivity contribution is 5.87. The third-order valence-corrected chi connectivity index (χ3v) is 3.66. The third kappa shape index (κ3) is 3.12. The zero-order chi connectivity index (χ0) is 15.4. The Hall–Kier alpha value is -2.74. The van der Waals surface area contributed by atoms with Crippen LogP contribution in [-0.4, -0.2) is 14.2 Å². The Morgan fingerprint density at radius 2 is 1.14 bits per heavy atom. The lowest BCUT2D eigenvalue weighted by molar-refractivity contribution is 0.415. The molecule has 0 saturated heterocycles. The Morgan fingerprint density at radius 1 is 0.591 bits per heavy atom. The SMILES string of the molecule is COc1ccc(/C=C/c2ccc3cc(OC)ccc3c2)cc1. The van der Waals surface area contributed by atoms with E-state index in [1.54, 1.807) is 14.2 Å². The van der Waals surface area contributed by atoms with Crippen molar-refractivity contribution in [2.75, 3.05) is 14.2 Å². The van der Waals surface area contributed by atoms with Crippen molar-refractivity contribution in [3.63, 3.8) is 0 Å². The summed E-state index contributed by atoms with van der Waals surface area (Å²) in [6.45, 7) is 0. The van der Waals surface area contributed by atoms with Gasteiger partial charge in [0.1, 0.15) is 11.5 Å². The van der Waals surface area contributed by atoms with Gasteiger partial charge in [-0.15, -0.1) is 0 Å². The Kier molecular flexibility index (Phi) is 4.10. The number of methoxy groups -OCH3 is 2. The topological polar surface area (TPSA) is 18.5 Å². The summed E-state index contributed by atoms with van der Waals surface area (Å²) in [7, 11) is 3.36. The second-order valence-electron chi connectivity index (χ2n) is 5.08. The number of ether oxygens (including phenoxy) is 2. The molecule has 0 aliphatic heterocycles. The van der Waals surface area contributed by atoms with Crippen molar-refractivity contribution in [3.05, 3.63) is 71.8 Å². The fraction of sp³-hybridized carbons (Fsp3) is 0.100. The van der Waals surface area contributed by atoms with E-state index in [1.165, 1.54) is 16.3 Å². The molecule has 0 radical (unpaired) electrons. The zero-order valence-corrected chi connectivity index (χ0v) is 12.7. The second-order valence-corrected chi connectivity index (χ2v) is 5.08. The summed E-state index contributed by atoms with van der Waals surface area (Å²) in [4.78, 5) is 0. The second kappa shape index (κ2) is 6.35. The van der Waals surface area contributed by atoms with Crippen LogP contribution in [0.1, 0.15) is 11.1 Å². The van der Waals surface area contributed by atoms with Gasteiger partial charge in [-0.05, 0) is 52.2 Å². The summed E-state index contributed by atoms with van der Waals surface area (Å²) in [5, 5.41) is 2.39. The molecular formula is C20H18O2. The molecule has 110 valence electrons. The highest BCUT2D eigenvalue weighted by Gasteiger charge is 1.97. The predicted molar refractivity (Wildman–Crippen MR) is 92.4 cm³/mol. The van der Waals surface area contributed by atoms with Crippen molar-refractivity contribution in [1.82, 2.24) is 0 Å². The molecule has 0 fully saturated rings. The van der Waals surface area contributed by atoms with Gasteiger partial charge in [0.05, 0.1) is 14.2 Å². The number of benzene rings is 3. The van der Waals surface area contributed by atoms with Crippen molar-refractivity contribution >= 4 is 22.9 Å². The molecule has 3 rings (SSSR count). The molecule has 0 atom stereocenters. The fourth-order valence-electron chi connectivity index (χ4n) is 2.38. The summed E-state index contributed by atoms with van der Waals surface area (Å²) >= 11 is 0. The highest BCUT2D eigenvalue weighted by Crippen LogP contribution is 2.23. The van der Waals surface area contributed by atoms with Crippen molar-refractivity contribution in [3.8, 4) is 11.5 Å². The highest BCUT2D eigenvalue weighted by atomic mass is 16.5. The molecule has 0 N–H and O–H groups in total. The largest absolute Gasteiger partial charge is 0.497 e. The summed E-state index contributed by atoms with van der Waals surface area (Å²) < 4.78 is 10.4. The van der Waals surface area contributed by atoms with Gasteiger partial charge in [0.25, 0.3) is 0 Å². The van der Waals surface area contributed by atoms with E-state index in [1.807, 2.05) is 36.4 Å². The van der Waals surface area contributed by atoms with E-state index in [0.717, 1.165) is 17.1 Å². The molecule has 0 saturated carbocycles. The van der Waals surface area contributed by atoms with Crippen LogP contribution >= 0.6 is 0 Å². The molecule has 0 aliphatic carbocycles. The van der Waals surface area contributed by atoms with Crippen LogP contribution < -0.4 is 9.47 Å². The van der Waals surface area contributed by atoms with Gasteiger partial charge >= 0.3 is 0 Å². The standard InChI is InChI=1S/C20H18O2/c1-21-19-10-6-15(7-11-19)3-4-16-5-8-18-14-20(22-2)12-9-17(18)13-16/h3-14H,1-2H3/b4-3+. The first-order valence-corrected chi connectivity index (χ1v) is 7.18. The van der Waals surface area contributed by atoms with E-state index in [-0.39, 0.29) is 0 Å². The molecule has 22 heavy (non-hydrogen) atoms. The number of hydrogen-bond donors (Lipinski definition) is 0.